The average Bonchev–Trinajstić information content (AvgIpc) is 3.21. The van der Waals surface area contributed by atoms with Crippen molar-refractivity contribution >= 4 is 56.5 Å². The van der Waals surface area contributed by atoms with Gasteiger partial charge in [-0.25, -0.2) is 15.0 Å². The number of piperidine rings is 1. The number of carbonyl (C=O) groups is 2. The number of hydrogen-bond donors (Lipinski definition) is 1. The van der Waals surface area contributed by atoms with Crippen LogP contribution in [0.4, 0.5) is 5.82 Å². The Hall–Kier alpha value is -2.86. The summed E-state index contributed by atoms with van der Waals surface area (Å²) >= 11 is 5.15. The predicted molar refractivity (Wildman–Crippen MR) is 138 cm³/mol. The molecule has 12 heteroatoms. The molecule has 0 aliphatic carbocycles. The first kappa shape index (κ1) is 24.8. The number of imidazole rings is 1. The normalized spacial score (nSPS) is 15.8. The number of nitrogens with zero attached hydrogens (tertiary/aromatic N) is 5. The van der Waals surface area contributed by atoms with Crippen molar-refractivity contribution in [2.75, 3.05) is 31.6 Å². The van der Waals surface area contributed by atoms with Gasteiger partial charge in [0, 0.05) is 42.8 Å². The number of aromatic nitrogens is 4. The Morgan fingerprint density at radius 2 is 1.86 bits per heavy atom. The Morgan fingerprint density at radius 1 is 1.14 bits per heavy atom. The van der Waals surface area contributed by atoms with Crippen molar-refractivity contribution in [2.24, 2.45) is 5.92 Å². The highest BCUT2D eigenvalue weighted by molar-refractivity contribution is 9.10. The molecule has 0 bridgehead atoms. The fourth-order valence-corrected chi connectivity index (χ4v) is 6.03. The summed E-state index contributed by atoms with van der Waals surface area (Å²) in [6, 6.07) is 3.86. The number of aryl methyl sites for hydroxylation is 1. The number of benzene rings is 1. The molecule has 1 aromatic carbocycles. The molecule has 4 heterocycles. The van der Waals surface area contributed by atoms with Crippen molar-refractivity contribution in [1.29, 1.82) is 0 Å². The summed E-state index contributed by atoms with van der Waals surface area (Å²) in [6.45, 7) is 6.41. The fourth-order valence-electron chi connectivity index (χ4n) is 4.52. The molecule has 2 aliphatic rings. The number of carbonyl (C=O) groups excluding carboxylic acids is 2. The standard InChI is InChI=1S/C24H27BrN6O4S/c1-14(32)28-22-21-23(27-13-26-22)31(8-5-16-3-6-30(7-4-16)15(2)33)24(29-21)36-20-12-19-18(11-17(20)25)34-9-10-35-19/h11-13,16H,3-10H2,1-2H3,(H,26,27,28,32). The van der Waals surface area contributed by atoms with Crippen LogP contribution >= 0.6 is 27.7 Å². The van der Waals surface area contributed by atoms with Gasteiger partial charge < -0.3 is 24.3 Å². The molecule has 1 N–H and O–H groups in total. The Bertz CT molecular complexity index is 1310. The van der Waals surface area contributed by atoms with Crippen molar-refractivity contribution in [1.82, 2.24) is 24.4 Å². The Morgan fingerprint density at radius 3 is 2.56 bits per heavy atom. The highest BCUT2D eigenvalue weighted by Gasteiger charge is 2.24. The summed E-state index contributed by atoms with van der Waals surface area (Å²) in [5, 5.41) is 3.51. The first-order valence-corrected chi connectivity index (χ1v) is 13.5. The van der Waals surface area contributed by atoms with Crippen molar-refractivity contribution in [3.8, 4) is 11.5 Å². The molecule has 0 saturated carbocycles. The van der Waals surface area contributed by atoms with Gasteiger partial charge in [0.2, 0.25) is 11.8 Å². The number of likely N-dealkylation sites (tertiary alicyclic amines) is 1. The number of nitrogens with one attached hydrogen (secondary N) is 1. The maximum absolute atomic E-state index is 11.8. The van der Waals surface area contributed by atoms with Gasteiger partial charge in [-0.3, -0.25) is 9.59 Å². The highest BCUT2D eigenvalue weighted by Crippen LogP contribution is 2.42. The van der Waals surface area contributed by atoms with E-state index in [4.69, 9.17) is 14.5 Å². The third-order valence-electron chi connectivity index (χ3n) is 6.41. The van der Waals surface area contributed by atoms with Gasteiger partial charge in [-0.05, 0) is 53.2 Å². The molecule has 190 valence electrons. The molecule has 5 rings (SSSR count). The van der Waals surface area contributed by atoms with Gasteiger partial charge in [-0.15, -0.1) is 0 Å². The lowest BCUT2D eigenvalue weighted by atomic mass is 9.93. The van der Waals surface area contributed by atoms with E-state index in [0.29, 0.717) is 54.2 Å². The van der Waals surface area contributed by atoms with Gasteiger partial charge in [0.05, 0.1) is 0 Å². The van der Waals surface area contributed by atoms with Crippen LogP contribution in [-0.2, 0) is 16.1 Å². The van der Waals surface area contributed by atoms with Crippen molar-refractivity contribution in [2.45, 2.75) is 49.7 Å². The van der Waals surface area contributed by atoms with Gasteiger partial charge in [-0.1, -0.05) is 11.8 Å². The summed E-state index contributed by atoms with van der Waals surface area (Å²) in [5.41, 5.74) is 1.22. The van der Waals surface area contributed by atoms with Gasteiger partial charge in [0.1, 0.15) is 19.5 Å². The number of anilines is 1. The number of hydrogen-bond acceptors (Lipinski definition) is 8. The van der Waals surface area contributed by atoms with E-state index in [1.807, 2.05) is 17.0 Å². The summed E-state index contributed by atoms with van der Waals surface area (Å²) in [5.74, 6) is 2.23. The smallest absolute Gasteiger partial charge is 0.222 e. The van der Waals surface area contributed by atoms with E-state index in [9.17, 15) is 9.59 Å². The number of halogens is 1. The maximum Gasteiger partial charge on any atom is 0.222 e. The van der Waals surface area contributed by atoms with E-state index in [2.05, 4.69) is 35.8 Å². The lowest BCUT2D eigenvalue weighted by Crippen LogP contribution is -2.37. The number of fused-ring (bicyclic) bond motifs is 2. The zero-order valence-electron chi connectivity index (χ0n) is 20.1. The minimum absolute atomic E-state index is 0.139. The highest BCUT2D eigenvalue weighted by atomic mass is 79.9. The lowest BCUT2D eigenvalue weighted by molar-refractivity contribution is -0.130. The van der Waals surface area contributed by atoms with Crippen LogP contribution in [0.5, 0.6) is 11.5 Å². The Kier molecular flexibility index (Phi) is 7.33. The fraction of sp³-hybridized carbons (Fsp3) is 0.458. The van der Waals surface area contributed by atoms with Gasteiger partial charge in [0.25, 0.3) is 0 Å². The van der Waals surface area contributed by atoms with Crippen LogP contribution in [0.15, 0.2) is 33.0 Å². The topological polar surface area (TPSA) is 111 Å². The molecule has 3 aromatic rings. The molecule has 0 spiro atoms. The molecule has 1 saturated heterocycles. The average molecular weight is 575 g/mol. The van der Waals surface area contributed by atoms with E-state index >= 15 is 0 Å². The number of rotatable bonds is 6. The summed E-state index contributed by atoms with van der Waals surface area (Å²) in [6.07, 6.45) is 4.35. The Balaban J connectivity index is 1.45. The van der Waals surface area contributed by atoms with Gasteiger partial charge in [0.15, 0.2) is 33.6 Å². The zero-order valence-corrected chi connectivity index (χ0v) is 22.5. The van der Waals surface area contributed by atoms with E-state index in [1.54, 1.807) is 6.92 Å². The van der Waals surface area contributed by atoms with E-state index in [-0.39, 0.29) is 11.8 Å². The van der Waals surface area contributed by atoms with Crippen molar-refractivity contribution in [3.05, 3.63) is 22.9 Å². The monoisotopic (exact) mass is 574 g/mol. The number of amides is 2. The summed E-state index contributed by atoms with van der Waals surface area (Å²) in [4.78, 5) is 39.9. The molecule has 10 nitrogen and oxygen atoms in total. The lowest BCUT2D eigenvalue weighted by Gasteiger charge is -2.31. The largest absolute Gasteiger partial charge is 0.486 e. The molecule has 0 radical (unpaired) electrons. The molecule has 0 atom stereocenters. The SMILES string of the molecule is CC(=O)Nc1ncnc2c1nc(Sc1cc3c(cc1Br)OCCO3)n2CCC1CCN(C(C)=O)CC1. The van der Waals surface area contributed by atoms with Crippen LogP contribution in [0.1, 0.15) is 33.1 Å². The molecule has 2 aliphatic heterocycles. The van der Waals surface area contributed by atoms with Crippen LogP contribution in [-0.4, -0.2) is 62.5 Å². The number of ether oxygens (including phenoxy) is 2. The first-order valence-electron chi connectivity index (χ1n) is 11.9. The second kappa shape index (κ2) is 10.6. The van der Waals surface area contributed by atoms with Crippen LogP contribution < -0.4 is 14.8 Å². The quantitative estimate of drug-likeness (QED) is 0.468. The van der Waals surface area contributed by atoms with Crippen LogP contribution in [0.3, 0.4) is 0 Å². The molecular weight excluding hydrogens is 548 g/mol. The zero-order chi connectivity index (χ0) is 25.2. The second-order valence-electron chi connectivity index (χ2n) is 8.89. The van der Waals surface area contributed by atoms with Gasteiger partial charge in [-0.2, -0.15) is 0 Å². The minimum atomic E-state index is -0.217. The first-order chi connectivity index (χ1) is 17.4. The van der Waals surface area contributed by atoms with Crippen LogP contribution in [0, 0.1) is 5.92 Å². The predicted octanol–water partition coefficient (Wildman–Crippen LogP) is 4.12. The molecule has 1 fully saturated rings. The molecule has 36 heavy (non-hydrogen) atoms. The Labute approximate surface area is 221 Å². The minimum Gasteiger partial charge on any atom is -0.486 e. The third kappa shape index (κ3) is 5.29. The molecule has 2 aromatic heterocycles. The van der Waals surface area contributed by atoms with Crippen molar-refractivity contribution < 1.29 is 19.1 Å². The van der Waals surface area contributed by atoms with E-state index in [1.165, 1.54) is 25.0 Å². The van der Waals surface area contributed by atoms with E-state index < -0.39 is 0 Å². The molecule has 2 amide bonds. The summed E-state index contributed by atoms with van der Waals surface area (Å²) in [7, 11) is 0. The van der Waals surface area contributed by atoms with E-state index in [0.717, 1.165) is 46.9 Å². The molecular formula is C24H27BrN6O4S. The van der Waals surface area contributed by atoms with Crippen LogP contribution in [0.2, 0.25) is 0 Å². The molecule has 0 unspecified atom stereocenters. The maximum atomic E-state index is 11.8. The van der Waals surface area contributed by atoms with Gasteiger partial charge >= 0.3 is 0 Å². The third-order valence-corrected chi connectivity index (χ3v) is 8.38. The second-order valence-corrected chi connectivity index (χ2v) is 10.8. The van der Waals surface area contributed by atoms with Crippen LogP contribution in [0.25, 0.3) is 11.2 Å². The summed E-state index contributed by atoms with van der Waals surface area (Å²) < 4.78 is 14.4. The van der Waals surface area contributed by atoms with Crippen molar-refractivity contribution in [3.63, 3.8) is 0 Å².